The van der Waals surface area contributed by atoms with Gasteiger partial charge in [0.15, 0.2) is 0 Å². The number of amides is 2. The normalized spacial score (nSPS) is 16.6. The Morgan fingerprint density at radius 2 is 1.96 bits per heavy atom. The van der Waals surface area contributed by atoms with Crippen LogP contribution in [0.4, 0.5) is 15.8 Å². The third kappa shape index (κ3) is 4.02. The molecule has 0 unspecified atom stereocenters. The number of anilines is 2. The molecule has 0 spiro atoms. The molecule has 26 heavy (non-hydrogen) atoms. The van der Waals surface area contributed by atoms with E-state index in [2.05, 4.69) is 5.32 Å². The Kier molecular flexibility index (Phi) is 5.51. The molecule has 1 heterocycles. The summed E-state index contributed by atoms with van der Waals surface area (Å²) in [5, 5.41) is 2.81. The van der Waals surface area contributed by atoms with E-state index in [0.29, 0.717) is 12.3 Å². The first-order chi connectivity index (χ1) is 12.6. The smallest absolute Gasteiger partial charge is 0.229 e. The first kappa shape index (κ1) is 17.9. The van der Waals surface area contributed by atoms with E-state index in [0.717, 1.165) is 12.2 Å². The Hall–Kier alpha value is -2.89. The van der Waals surface area contributed by atoms with Crippen LogP contribution in [0.5, 0.6) is 5.75 Å². The SMILES string of the molecule is CCCOc1ccc(NC(=O)[C@H]2CC(=O)N(c3ccccc3F)C2)cc1. The molecule has 3 rings (SSSR count). The van der Waals surface area contributed by atoms with Gasteiger partial charge in [-0.15, -0.1) is 0 Å². The third-order valence-corrected chi connectivity index (χ3v) is 4.23. The lowest BCUT2D eigenvalue weighted by molar-refractivity contribution is -0.122. The van der Waals surface area contributed by atoms with Crippen LogP contribution in [0.3, 0.4) is 0 Å². The lowest BCUT2D eigenvalue weighted by atomic mass is 10.1. The van der Waals surface area contributed by atoms with Crippen LogP contribution in [0, 0.1) is 11.7 Å². The van der Waals surface area contributed by atoms with E-state index in [9.17, 15) is 14.0 Å². The molecule has 0 aromatic heterocycles. The zero-order chi connectivity index (χ0) is 18.5. The number of halogens is 1. The van der Waals surface area contributed by atoms with Crippen LogP contribution in [0.15, 0.2) is 48.5 Å². The van der Waals surface area contributed by atoms with Crippen molar-refractivity contribution in [1.29, 1.82) is 0 Å². The van der Waals surface area contributed by atoms with Crippen LogP contribution in [-0.4, -0.2) is 25.0 Å². The maximum absolute atomic E-state index is 13.9. The molecule has 1 aliphatic rings. The standard InChI is InChI=1S/C20H21FN2O3/c1-2-11-26-16-9-7-15(8-10-16)22-20(25)14-12-19(24)23(13-14)18-6-4-3-5-17(18)21/h3-10,14H,2,11-13H2,1H3,(H,22,25)/t14-/m0/s1. The summed E-state index contributed by atoms with van der Waals surface area (Å²) in [6, 6.07) is 13.2. The molecule has 136 valence electrons. The summed E-state index contributed by atoms with van der Waals surface area (Å²) in [5.41, 5.74) is 0.848. The van der Waals surface area contributed by atoms with E-state index in [1.54, 1.807) is 42.5 Å². The quantitative estimate of drug-likeness (QED) is 0.860. The monoisotopic (exact) mass is 356 g/mol. The minimum absolute atomic E-state index is 0.0673. The number of nitrogens with one attached hydrogen (secondary N) is 1. The van der Waals surface area contributed by atoms with Crippen LogP contribution < -0.4 is 15.0 Å². The summed E-state index contributed by atoms with van der Waals surface area (Å²) < 4.78 is 19.4. The minimum Gasteiger partial charge on any atom is -0.494 e. The van der Waals surface area contributed by atoms with Crippen molar-refractivity contribution in [3.8, 4) is 5.75 Å². The van der Waals surface area contributed by atoms with Gasteiger partial charge in [-0.2, -0.15) is 0 Å². The maximum atomic E-state index is 13.9. The molecule has 0 radical (unpaired) electrons. The predicted molar refractivity (Wildman–Crippen MR) is 97.7 cm³/mol. The molecule has 1 atom stereocenters. The highest BCUT2D eigenvalue weighted by Gasteiger charge is 2.36. The molecule has 1 saturated heterocycles. The average Bonchev–Trinajstić information content (AvgIpc) is 3.03. The second-order valence-electron chi connectivity index (χ2n) is 6.22. The number of nitrogens with zero attached hydrogens (tertiary/aromatic N) is 1. The first-order valence-corrected chi connectivity index (χ1v) is 8.67. The van der Waals surface area contributed by atoms with Gasteiger partial charge in [-0.1, -0.05) is 19.1 Å². The highest BCUT2D eigenvalue weighted by Crippen LogP contribution is 2.28. The number of carbonyl (C=O) groups excluding carboxylic acids is 2. The second kappa shape index (κ2) is 7.99. The van der Waals surface area contributed by atoms with Crippen molar-refractivity contribution in [2.45, 2.75) is 19.8 Å². The Morgan fingerprint density at radius 3 is 2.65 bits per heavy atom. The number of ether oxygens (including phenoxy) is 1. The molecule has 6 heteroatoms. The topological polar surface area (TPSA) is 58.6 Å². The van der Waals surface area contributed by atoms with Crippen LogP contribution in [0.25, 0.3) is 0 Å². The van der Waals surface area contributed by atoms with E-state index < -0.39 is 11.7 Å². The van der Waals surface area contributed by atoms with E-state index >= 15 is 0 Å². The van der Waals surface area contributed by atoms with Gasteiger partial charge in [-0.05, 0) is 42.8 Å². The van der Waals surface area contributed by atoms with Gasteiger partial charge in [0.25, 0.3) is 0 Å². The highest BCUT2D eigenvalue weighted by atomic mass is 19.1. The molecule has 5 nitrogen and oxygen atoms in total. The largest absolute Gasteiger partial charge is 0.494 e. The Labute approximate surface area is 151 Å². The van der Waals surface area contributed by atoms with Crippen molar-refractivity contribution < 1.29 is 18.7 Å². The molecule has 0 bridgehead atoms. The van der Waals surface area contributed by atoms with Crippen LogP contribution in [0.2, 0.25) is 0 Å². The van der Waals surface area contributed by atoms with Crippen molar-refractivity contribution in [1.82, 2.24) is 0 Å². The number of carbonyl (C=O) groups is 2. The van der Waals surface area contributed by atoms with Crippen molar-refractivity contribution in [2.24, 2.45) is 5.92 Å². The first-order valence-electron chi connectivity index (χ1n) is 8.67. The van der Waals surface area contributed by atoms with Crippen molar-refractivity contribution in [2.75, 3.05) is 23.4 Å². The van der Waals surface area contributed by atoms with Gasteiger partial charge in [0, 0.05) is 18.7 Å². The molecule has 0 aliphatic carbocycles. The van der Waals surface area contributed by atoms with E-state index in [4.69, 9.17) is 4.74 Å². The summed E-state index contributed by atoms with van der Waals surface area (Å²) in [7, 11) is 0. The lowest BCUT2D eigenvalue weighted by Crippen LogP contribution is -2.28. The van der Waals surface area contributed by atoms with Crippen LogP contribution in [-0.2, 0) is 9.59 Å². The molecule has 2 aromatic carbocycles. The molecule has 1 N–H and O–H groups in total. The van der Waals surface area contributed by atoms with Crippen LogP contribution in [0.1, 0.15) is 19.8 Å². The minimum atomic E-state index is -0.516. The number of benzene rings is 2. The number of hydrogen-bond donors (Lipinski definition) is 1. The van der Waals surface area contributed by atoms with Gasteiger partial charge < -0.3 is 15.0 Å². The number of rotatable bonds is 6. The zero-order valence-electron chi connectivity index (χ0n) is 14.6. The molecule has 1 fully saturated rings. The number of para-hydroxylation sites is 1. The van der Waals surface area contributed by atoms with Gasteiger partial charge in [0.05, 0.1) is 18.2 Å². The van der Waals surface area contributed by atoms with Gasteiger partial charge in [0.1, 0.15) is 11.6 Å². The van der Waals surface area contributed by atoms with Gasteiger partial charge in [0.2, 0.25) is 11.8 Å². The second-order valence-corrected chi connectivity index (χ2v) is 6.22. The van der Waals surface area contributed by atoms with E-state index in [1.165, 1.54) is 11.0 Å². The molecule has 1 aliphatic heterocycles. The maximum Gasteiger partial charge on any atom is 0.229 e. The van der Waals surface area contributed by atoms with Gasteiger partial charge in [-0.25, -0.2) is 4.39 Å². The van der Waals surface area contributed by atoms with Gasteiger partial charge >= 0.3 is 0 Å². The van der Waals surface area contributed by atoms with E-state index in [-0.39, 0.29) is 30.5 Å². The zero-order valence-corrected chi connectivity index (χ0v) is 14.6. The Morgan fingerprint density at radius 1 is 1.23 bits per heavy atom. The fourth-order valence-electron chi connectivity index (χ4n) is 2.89. The Bertz CT molecular complexity index is 792. The fraction of sp³-hybridized carbons (Fsp3) is 0.300. The van der Waals surface area contributed by atoms with Crippen LogP contribution >= 0.6 is 0 Å². The van der Waals surface area contributed by atoms with Crippen molar-refractivity contribution in [3.05, 3.63) is 54.3 Å². The number of hydrogen-bond acceptors (Lipinski definition) is 3. The molecular weight excluding hydrogens is 335 g/mol. The summed E-state index contributed by atoms with van der Waals surface area (Å²) >= 11 is 0. The molecule has 2 amide bonds. The van der Waals surface area contributed by atoms with Crippen molar-refractivity contribution >= 4 is 23.2 Å². The summed E-state index contributed by atoms with van der Waals surface area (Å²) in [6.45, 7) is 2.84. The van der Waals surface area contributed by atoms with Crippen molar-refractivity contribution in [3.63, 3.8) is 0 Å². The highest BCUT2D eigenvalue weighted by molar-refractivity contribution is 6.03. The molecule has 0 saturated carbocycles. The summed E-state index contributed by atoms with van der Waals surface area (Å²) in [5.74, 6) is -0.743. The lowest BCUT2D eigenvalue weighted by Gasteiger charge is -2.17. The molecular formula is C20H21FN2O3. The van der Waals surface area contributed by atoms with E-state index in [1.807, 2.05) is 6.92 Å². The summed E-state index contributed by atoms with van der Waals surface area (Å²) in [6.07, 6.45) is 0.991. The third-order valence-electron chi connectivity index (χ3n) is 4.23. The summed E-state index contributed by atoms with van der Waals surface area (Å²) in [4.78, 5) is 26.0. The fourth-order valence-corrected chi connectivity index (χ4v) is 2.89. The predicted octanol–water partition coefficient (Wildman–Crippen LogP) is 3.61. The average molecular weight is 356 g/mol. The Balaban J connectivity index is 1.62. The van der Waals surface area contributed by atoms with Gasteiger partial charge in [-0.3, -0.25) is 9.59 Å². The molecule has 2 aromatic rings.